The van der Waals surface area contributed by atoms with Gasteiger partial charge in [-0.2, -0.15) is 0 Å². The Morgan fingerprint density at radius 2 is 1.68 bits per heavy atom. The summed E-state index contributed by atoms with van der Waals surface area (Å²) in [6.07, 6.45) is 2.13. The Morgan fingerprint density at radius 3 is 2.35 bits per heavy atom. The molecule has 0 aliphatic rings. The topological polar surface area (TPSA) is 67.6 Å². The maximum atomic E-state index is 14.3. The lowest BCUT2D eigenvalue weighted by molar-refractivity contribution is 0.577. The Balaban J connectivity index is 1.92. The van der Waals surface area contributed by atoms with Crippen LogP contribution in [0.25, 0.3) is 5.65 Å². The average Bonchev–Trinajstić information content (AvgIpc) is 3.15. The van der Waals surface area contributed by atoms with E-state index in [9.17, 15) is 21.6 Å². The van der Waals surface area contributed by atoms with Gasteiger partial charge in [-0.05, 0) is 30.3 Å². The van der Waals surface area contributed by atoms with Crippen LogP contribution in [0.2, 0.25) is 0 Å². The van der Waals surface area contributed by atoms with E-state index in [1.807, 2.05) is 6.92 Å². The molecule has 0 saturated carbocycles. The van der Waals surface area contributed by atoms with E-state index < -0.39 is 34.0 Å². The van der Waals surface area contributed by atoms with Crippen LogP contribution in [0.5, 0.6) is 0 Å². The van der Waals surface area contributed by atoms with Crippen molar-refractivity contribution in [1.82, 2.24) is 14.6 Å². The Kier molecular flexibility index (Phi) is 5.40. The second-order valence-corrected chi connectivity index (χ2v) is 8.60. The van der Waals surface area contributed by atoms with E-state index >= 15 is 0 Å². The normalized spacial score (nSPS) is 11.7. The minimum atomic E-state index is -4.41. The summed E-state index contributed by atoms with van der Waals surface area (Å²) in [6, 6.07) is 10.8. The minimum Gasteiger partial charge on any atom is -0.285 e. The smallest absolute Gasteiger partial charge is 0.268 e. The summed E-state index contributed by atoms with van der Waals surface area (Å²) in [5.41, 5.74) is -0.175. The van der Waals surface area contributed by atoms with Crippen LogP contribution in [0, 0.1) is 17.5 Å². The van der Waals surface area contributed by atoms with Gasteiger partial charge in [-0.3, -0.25) is 8.71 Å². The van der Waals surface area contributed by atoms with Crippen molar-refractivity contribution < 1.29 is 21.6 Å². The second kappa shape index (κ2) is 8.03. The highest BCUT2D eigenvalue weighted by Gasteiger charge is 2.30. The number of anilines is 1. The molecule has 2 aromatic heterocycles. The summed E-state index contributed by atoms with van der Waals surface area (Å²) in [7, 11) is -4.41. The van der Waals surface area contributed by atoms with E-state index in [0.717, 1.165) is 16.4 Å². The van der Waals surface area contributed by atoms with Gasteiger partial charge in [0, 0.05) is 24.2 Å². The summed E-state index contributed by atoms with van der Waals surface area (Å²) < 4.78 is 71.8. The molecule has 0 saturated heterocycles. The number of aryl methyl sites for hydroxylation is 1. The van der Waals surface area contributed by atoms with Gasteiger partial charge in [0.25, 0.3) is 10.0 Å². The number of halogens is 3. The van der Waals surface area contributed by atoms with Crippen LogP contribution in [-0.2, 0) is 23.0 Å². The zero-order valence-corrected chi connectivity index (χ0v) is 17.2. The molecule has 6 nitrogen and oxygen atoms in total. The van der Waals surface area contributed by atoms with Crippen molar-refractivity contribution in [3.8, 4) is 0 Å². The third-order valence-corrected chi connectivity index (χ3v) is 6.56. The predicted molar refractivity (Wildman–Crippen MR) is 108 cm³/mol. The van der Waals surface area contributed by atoms with Crippen LogP contribution in [0.1, 0.15) is 18.3 Å². The average molecular weight is 446 g/mol. The molecule has 0 unspecified atom stereocenters. The number of fused-ring (bicyclic) bond motifs is 1. The van der Waals surface area contributed by atoms with E-state index in [-0.39, 0.29) is 21.8 Å². The van der Waals surface area contributed by atoms with Gasteiger partial charge < -0.3 is 0 Å². The van der Waals surface area contributed by atoms with Gasteiger partial charge in [0.15, 0.2) is 5.65 Å². The number of hydrogen-bond acceptors (Lipinski definition) is 4. The molecule has 4 rings (SSSR count). The molecule has 2 heterocycles. The third-order valence-electron chi connectivity index (χ3n) is 4.76. The number of sulfonamides is 1. The molecule has 0 aliphatic heterocycles. The fourth-order valence-electron chi connectivity index (χ4n) is 3.28. The highest BCUT2D eigenvalue weighted by atomic mass is 32.2. The van der Waals surface area contributed by atoms with Crippen LogP contribution in [0.3, 0.4) is 0 Å². The molecule has 2 aromatic carbocycles. The quantitative estimate of drug-likeness (QED) is 0.447. The second-order valence-electron chi connectivity index (χ2n) is 6.77. The molecule has 0 radical (unpaired) electrons. The summed E-state index contributed by atoms with van der Waals surface area (Å²) in [5.74, 6) is -2.02. The summed E-state index contributed by atoms with van der Waals surface area (Å²) in [5, 5.41) is 7.97. The Labute approximate surface area is 176 Å². The SMILES string of the molecule is CCc1nnc2c(S(=O)(=O)N(Cc3ccccc3F)c3cc(F)cc(F)c3)cccn12. The van der Waals surface area contributed by atoms with Crippen molar-refractivity contribution in [2.24, 2.45) is 0 Å². The molecular weight excluding hydrogens is 429 g/mol. The number of benzene rings is 2. The Morgan fingerprint density at radius 1 is 0.968 bits per heavy atom. The lowest BCUT2D eigenvalue weighted by Gasteiger charge is -2.25. The maximum Gasteiger partial charge on any atom is 0.268 e. The third kappa shape index (κ3) is 3.86. The molecule has 160 valence electrons. The van der Waals surface area contributed by atoms with Crippen LogP contribution in [0.4, 0.5) is 18.9 Å². The summed E-state index contributed by atoms with van der Waals surface area (Å²) in [4.78, 5) is -0.219. The number of nitrogens with zero attached hydrogens (tertiary/aromatic N) is 4. The Bertz CT molecular complexity index is 1350. The van der Waals surface area contributed by atoms with Crippen molar-refractivity contribution in [1.29, 1.82) is 0 Å². The van der Waals surface area contributed by atoms with Crippen molar-refractivity contribution in [2.45, 2.75) is 24.8 Å². The van der Waals surface area contributed by atoms with Crippen molar-refractivity contribution >= 4 is 21.4 Å². The number of pyridine rings is 1. The molecule has 0 amide bonds. The van der Waals surface area contributed by atoms with E-state index in [0.29, 0.717) is 18.3 Å². The monoisotopic (exact) mass is 446 g/mol. The molecule has 10 heteroatoms. The van der Waals surface area contributed by atoms with E-state index in [1.165, 1.54) is 34.7 Å². The lowest BCUT2D eigenvalue weighted by atomic mass is 10.2. The van der Waals surface area contributed by atoms with Crippen LogP contribution in [-0.4, -0.2) is 23.0 Å². The molecule has 4 aromatic rings. The van der Waals surface area contributed by atoms with Crippen molar-refractivity contribution in [3.63, 3.8) is 0 Å². The number of aromatic nitrogens is 3. The first-order chi connectivity index (χ1) is 14.8. The summed E-state index contributed by atoms with van der Waals surface area (Å²) in [6.45, 7) is 1.37. The number of rotatable bonds is 6. The zero-order valence-electron chi connectivity index (χ0n) is 16.3. The standard InChI is InChI=1S/C21H17F3N4O2S/c1-2-20-25-26-21-19(8-5-9-27(20)21)31(29,30)28(13-14-6-3-4-7-18(14)24)17-11-15(22)10-16(23)12-17/h3-12H,2,13H2,1H3. The van der Waals surface area contributed by atoms with E-state index in [4.69, 9.17) is 0 Å². The molecule has 0 fully saturated rings. The summed E-state index contributed by atoms with van der Waals surface area (Å²) >= 11 is 0. The first-order valence-corrected chi connectivity index (χ1v) is 10.8. The van der Waals surface area contributed by atoms with Gasteiger partial charge in [0.2, 0.25) is 0 Å². The van der Waals surface area contributed by atoms with Gasteiger partial charge in [-0.15, -0.1) is 10.2 Å². The fraction of sp³-hybridized carbons (Fsp3) is 0.143. The molecule has 0 bridgehead atoms. The van der Waals surface area contributed by atoms with Gasteiger partial charge in [0.05, 0.1) is 12.2 Å². The fourth-order valence-corrected chi connectivity index (χ4v) is 4.83. The molecular formula is C21H17F3N4O2S. The zero-order chi connectivity index (χ0) is 22.2. The maximum absolute atomic E-state index is 14.3. The first-order valence-electron chi connectivity index (χ1n) is 9.36. The van der Waals surface area contributed by atoms with Crippen molar-refractivity contribution in [2.75, 3.05) is 4.31 Å². The molecule has 0 aliphatic carbocycles. The molecule has 0 atom stereocenters. The Hall–Kier alpha value is -3.40. The van der Waals surface area contributed by atoms with E-state index in [1.54, 1.807) is 12.3 Å². The lowest BCUT2D eigenvalue weighted by Crippen LogP contribution is -2.31. The van der Waals surface area contributed by atoms with Crippen LogP contribution < -0.4 is 4.31 Å². The van der Waals surface area contributed by atoms with Gasteiger partial charge >= 0.3 is 0 Å². The highest BCUT2D eigenvalue weighted by Crippen LogP contribution is 2.29. The predicted octanol–water partition coefficient (Wildman–Crippen LogP) is 4.10. The van der Waals surface area contributed by atoms with E-state index in [2.05, 4.69) is 10.2 Å². The van der Waals surface area contributed by atoms with Crippen molar-refractivity contribution in [3.05, 3.63) is 89.6 Å². The largest absolute Gasteiger partial charge is 0.285 e. The minimum absolute atomic E-state index is 0.0402. The highest BCUT2D eigenvalue weighted by molar-refractivity contribution is 7.93. The number of hydrogen-bond donors (Lipinski definition) is 0. The van der Waals surface area contributed by atoms with Crippen LogP contribution in [0.15, 0.2) is 65.7 Å². The van der Waals surface area contributed by atoms with Gasteiger partial charge in [0.1, 0.15) is 28.2 Å². The molecule has 0 spiro atoms. The van der Waals surface area contributed by atoms with Gasteiger partial charge in [-0.1, -0.05) is 25.1 Å². The molecule has 0 N–H and O–H groups in total. The van der Waals surface area contributed by atoms with Crippen LogP contribution >= 0.6 is 0 Å². The first kappa shape index (κ1) is 20.9. The molecule has 31 heavy (non-hydrogen) atoms. The van der Waals surface area contributed by atoms with Gasteiger partial charge in [-0.25, -0.2) is 21.6 Å².